The largest absolute Gasteiger partial charge is 0.508 e. The van der Waals surface area contributed by atoms with E-state index in [1.165, 1.54) is 24.3 Å². The van der Waals surface area contributed by atoms with Crippen molar-refractivity contribution in [1.82, 2.24) is 0 Å². The van der Waals surface area contributed by atoms with Crippen molar-refractivity contribution in [1.29, 1.82) is 0 Å². The highest BCUT2D eigenvalue weighted by Gasteiger charge is 2.10. The van der Waals surface area contributed by atoms with Gasteiger partial charge in [0.1, 0.15) is 17.5 Å². The Bertz CT molecular complexity index is 504. The molecule has 20 heavy (non-hydrogen) atoms. The molecule has 0 heterocycles. The van der Waals surface area contributed by atoms with Crippen molar-refractivity contribution in [2.75, 3.05) is 0 Å². The Hall–Kier alpha value is -2.53. The Morgan fingerprint density at radius 2 is 1.40 bits per heavy atom. The molecule has 2 aromatic carbocycles. The number of phenolic OH excluding ortho intramolecular Hbond substituents is 2. The lowest BCUT2D eigenvalue weighted by Crippen LogP contribution is -2.32. The Morgan fingerprint density at radius 1 is 0.950 bits per heavy atom. The van der Waals surface area contributed by atoms with Crippen LogP contribution in [0.25, 0.3) is 0 Å². The van der Waals surface area contributed by atoms with Gasteiger partial charge in [-0.2, -0.15) is 0 Å². The third-order valence-electron chi connectivity index (χ3n) is 2.47. The summed E-state index contributed by atoms with van der Waals surface area (Å²) in [5.41, 5.74) is 6.30. The van der Waals surface area contributed by atoms with E-state index in [1.54, 1.807) is 0 Å². The molecule has 0 radical (unpaired) electrons. The summed E-state index contributed by atoms with van der Waals surface area (Å²) in [6.45, 7) is 0. The zero-order chi connectivity index (χ0) is 15.0. The SMILES string of the molecule is N[C@@H](Cc1ccccc1)C(=O)O.Oc1ccc(O)cc1. The summed E-state index contributed by atoms with van der Waals surface area (Å²) < 4.78 is 0. The first-order valence-electron chi connectivity index (χ1n) is 5.99. The highest BCUT2D eigenvalue weighted by atomic mass is 16.4. The fraction of sp³-hybridized carbons (Fsp3) is 0.133. The molecule has 0 spiro atoms. The van der Waals surface area contributed by atoms with Gasteiger partial charge in [0.25, 0.3) is 0 Å². The predicted molar refractivity (Wildman–Crippen MR) is 75.5 cm³/mol. The second kappa shape index (κ2) is 7.81. The molecule has 1 atom stereocenters. The van der Waals surface area contributed by atoms with E-state index in [9.17, 15) is 4.79 Å². The zero-order valence-electron chi connectivity index (χ0n) is 10.8. The molecule has 0 aliphatic carbocycles. The van der Waals surface area contributed by atoms with Gasteiger partial charge in [0.15, 0.2) is 0 Å². The first kappa shape index (κ1) is 15.5. The fourth-order valence-electron chi connectivity index (χ4n) is 1.41. The first-order valence-corrected chi connectivity index (χ1v) is 5.99. The normalized spacial score (nSPS) is 11.1. The standard InChI is InChI=1S/C9H11NO2.C6H6O2/c10-8(9(11)12)6-7-4-2-1-3-5-7;7-5-1-2-6(8)4-3-5/h1-5,8H,6,10H2,(H,11,12);1-4,7-8H/t8-;/m0./s1. The quantitative estimate of drug-likeness (QED) is 0.639. The Balaban J connectivity index is 0.000000217. The van der Waals surface area contributed by atoms with Crippen LogP contribution in [0.2, 0.25) is 0 Å². The van der Waals surface area contributed by atoms with Crippen molar-refractivity contribution >= 4 is 5.97 Å². The summed E-state index contributed by atoms with van der Waals surface area (Å²) in [4.78, 5) is 10.4. The first-order chi connectivity index (χ1) is 9.49. The summed E-state index contributed by atoms with van der Waals surface area (Å²) >= 11 is 0. The summed E-state index contributed by atoms with van der Waals surface area (Å²) in [5.74, 6) is -0.621. The molecule has 5 N–H and O–H groups in total. The van der Waals surface area contributed by atoms with Crippen LogP contribution in [0.3, 0.4) is 0 Å². The van der Waals surface area contributed by atoms with Crippen molar-refractivity contribution in [3.63, 3.8) is 0 Å². The molecular formula is C15H17NO4. The summed E-state index contributed by atoms with van der Waals surface area (Å²) in [7, 11) is 0. The van der Waals surface area contributed by atoms with Crippen molar-refractivity contribution in [3.05, 3.63) is 60.2 Å². The number of hydrogen-bond donors (Lipinski definition) is 4. The van der Waals surface area contributed by atoms with Crippen LogP contribution < -0.4 is 5.73 Å². The number of benzene rings is 2. The van der Waals surface area contributed by atoms with Gasteiger partial charge >= 0.3 is 5.97 Å². The lowest BCUT2D eigenvalue weighted by Gasteiger charge is -2.04. The van der Waals surface area contributed by atoms with E-state index in [0.29, 0.717) is 6.42 Å². The average molecular weight is 275 g/mol. The van der Waals surface area contributed by atoms with Crippen molar-refractivity contribution in [3.8, 4) is 11.5 Å². The third-order valence-corrected chi connectivity index (χ3v) is 2.47. The van der Waals surface area contributed by atoms with E-state index in [0.717, 1.165) is 5.56 Å². The maximum absolute atomic E-state index is 10.4. The van der Waals surface area contributed by atoms with Gasteiger partial charge < -0.3 is 21.1 Å². The molecule has 0 unspecified atom stereocenters. The van der Waals surface area contributed by atoms with E-state index in [1.807, 2.05) is 30.3 Å². The minimum Gasteiger partial charge on any atom is -0.508 e. The smallest absolute Gasteiger partial charge is 0.320 e. The van der Waals surface area contributed by atoms with Gasteiger partial charge in [-0.15, -0.1) is 0 Å². The molecule has 0 amide bonds. The zero-order valence-corrected chi connectivity index (χ0v) is 10.8. The Kier molecular flexibility index (Phi) is 6.06. The highest BCUT2D eigenvalue weighted by Crippen LogP contribution is 2.13. The van der Waals surface area contributed by atoms with Crippen LogP contribution >= 0.6 is 0 Å². The lowest BCUT2D eigenvalue weighted by molar-refractivity contribution is -0.138. The molecule has 106 valence electrons. The molecule has 5 nitrogen and oxygen atoms in total. The number of carbonyl (C=O) groups is 1. The molecule has 2 rings (SSSR count). The number of hydrogen-bond acceptors (Lipinski definition) is 4. The molecule has 5 heteroatoms. The third kappa shape index (κ3) is 5.88. The van der Waals surface area contributed by atoms with E-state index in [4.69, 9.17) is 21.1 Å². The average Bonchev–Trinajstić information content (AvgIpc) is 2.44. The number of nitrogens with two attached hydrogens (primary N) is 1. The second-order valence-electron chi connectivity index (χ2n) is 4.15. The van der Waals surface area contributed by atoms with E-state index < -0.39 is 12.0 Å². The summed E-state index contributed by atoms with van der Waals surface area (Å²) in [6, 6.07) is 14.2. The van der Waals surface area contributed by atoms with E-state index in [2.05, 4.69) is 0 Å². The van der Waals surface area contributed by atoms with Crippen molar-refractivity contribution in [2.24, 2.45) is 5.73 Å². The molecule has 0 aliphatic heterocycles. The van der Waals surface area contributed by atoms with Gasteiger partial charge in [-0.1, -0.05) is 30.3 Å². The fourth-order valence-corrected chi connectivity index (χ4v) is 1.41. The molecular weight excluding hydrogens is 258 g/mol. The minimum atomic E-state index is -0.959. The van der Waals surface area contributed by atoms with Gasteiger partial charge in [-0.3, -0.25) is 4.79 Å². The van der Waals surface area contributed by atoms with Crippen LogP contribution in [0.4, 0.5) is 0 Å². The molecule has 0 aliphatic rings. The predicted octanol–water partition coefficient (Wildman–Crippen LogP) is 1.74. The number of phenols is 2. The van der Waals surface area contributed by atoms with Crippen molar-refractivity contribution in [2.45, 2.75) is 12.5 Å². The van der Waals surface area contributed by atoms with E-state index in [-0.39, 0.29) is 11.5 Å². The summed E-state index contributed by atoms with van der Waals surface area (Å²) in [6.07, 6.45) is 0.385. The number of aliphatic carboxylic acids is 1. The van der Waals surface area contributed by atoms with Crippen molar-refractivity contribution < 1.29 is 20.1 Å². The Morgan fingerprint density at radius 3 is 1.80 bits per heavy atom. The van der Waals surface area contributed by atoms with Gasteiger partial charge in [0.2, 0.25) is 0 Å². The maximum Gasteiger partial charge on any atom is 0.320 e. The van der Waals surface area contributed by atoms with Gasteiger partial charge in [0, 0.05) is 0 Å². The van der Waals surface area contributed by atoms with Crippen LogP contribution in [0.1, 0.15) is 5.56 Å². The van der Waals surface area contributed by atoms with Gasteiger partial charge in [-0.25, -0.2) is 0 Å². The number of rotatable bonds is 3. The van der Waals surface area contributed by atoms with Crippen LogP contribution in [0.15, 0.2) is 54.6 Å². The topological polar surface area (TPSA) is 104 Å². The summed E-state index contributed by atoms with van der Waals surface area (Å²) in [5, 5.41) is 25.8. The lowest BCUT2D eigenvalue weighted by atomic mass is 10.1. The molecule has 0 saturated carbocycles. The van der Waals surface area contributed by atoms with Crippen LogP contribution in [0.5, 0.6) is 11.5 Å². The van der Waals surface area contributed by atoms with Gasteiger partial charge in [0.05, 0.1) is 0 Å². The molecule has 0 bridgehead atoms. The minimum absolute atomic E-state index is 0.169. The van der Waals surface area contributed by atoms with Crippen LogP contribution in [-0.4, -0.2) is 27.3 Å². The molecule has 0 fully saturated rings. The number of carboxylic acid groups (broad SMARTS) is 1. The number of aromatic hydroxyl groups is 2. The van der Waals surface area contributed by atoms with Crippen LogP contribution in [0, 0.1) is 0 Å². The monoisotopic (exact) mass is 275 g/mol. The highest BCUT2D eigenvalue weighted by molar-refractivity contribution is 5.73. The molecule has 0 aromatic heterocycles. The van der Waals surface area contributed by atoms with Crippen LogP contribution in [-0.2, 0) is 11.2 Å². The second-order valence-corrected chi connectivity index (χ2v) is 4.15. The Labute approximate surface area is 116 Å². The molecule has 0 saturated heterocycles. The number of carboxylic acids is 1. The maximum atomic E-state index is 10.4. The van der Waals surface area contributed by atoms with E-state index >= 15 is 0 Å². The molecule has 2 aromatic rings. The van der Waals surface area contributed by atoms with Gasteiger partial charge in [-0.05, 0) is 36.2 Å².